The highest BCUT2D eigenvalue weighted by molar-refractivity contribution is 6.40. The second-order valence-corrected chi connectivity index (χ2v) is 5.75. The summed E-state index contributed by atoms with van der Waals surface area (Å²) in [4.78, 5) is 26.1. The summed E-state index contributed by atoms with van der Waals surface area (Å²) in [7, 11) is 1.62. The fourth-order valence-electron chi connectivity index (χ4n) is 2.59. The van der Waals surface area contributed by atoms with Crippen LogP contribution in [0.3, 0.4) is 0 Å². The molecule has 0 aliphatic heterocycles. The van der Waals surface area contributed by atoms with Crippen LogP contribution >= 0.6 is 0 Å². The minimum Gasteiger partial charge on any atom is -0.497 e. The highest BCUT2D eigenvalue weighted by atomic mass is 16.5. The zero-order valence-corrected chi connectivity index (χ0v) is 14.9. The highest BCUT2D eigenvalue weighted by Crippen LogP contribution is 2.16. The van der Waals surface area contributed by atoms with Gasteiger partial charge in [-0.15, -0.1) is 0 Å². The maximum Gasteiger partial charge on any atom is 0.316 e. The highest BCUT2D eigenvalue weighted by Gasteiger charge is 2.21. The van der Waals surface area contributed by atoms with E-state index in [9.17, 15) is 9.59 Å². The number of nitrogens with one attached hydrogen (secondary N) is 1. The Kier molecular flexibility index (Phi) is 6.57. The number of carbonyl (C=O) groups is 2. The summed E-state index contributed by atoms with van der Waals surface area (Å²) in [5, 5.41) is 2.70. The van der Waals surface area contributed by atoms with E-state index in [1.807, 2.05) is 62.4 Å². The van der Waals surface area contributed by atoms with Gasteiger partial charge in [-0.1, -0.05) is 24.3 Å². The van der Waals surface area contributed by atoms with E-state index in [0.29, 0.717) is 19.5 Å². The van der Waals surface area contributed by atoms with Gasteiger partial charge in [-0.2, -0.15) is 0 Å². The van der Waals surface area contributed by atoms with E-state index < -0.39 is 11.8 Å². The van der Waals surface area contributed by atoms with Crippen LogP contribution in [0, 0.1) is 6.92 Å². The van der Waals surface area contributed by atoms with E-state index in [2.05, 4.69) is 5.32 Å². The predicted octanol–water partition coefficient (Wildman–Crippen LogP) is 2.72. The van der Waals surface area contributed by atoms with Crippen molar-refractivity contribution in [2.45, 2.75) is 20.3 Å². The molecule has 0 spiro atoms. The quantitative estimate of drug-likeness (QED) is 0.823. The van der Waals surface area contributed by atoms with Crippen LogP contribution in [0.2, 0.25) is 0 Å². The minimum atomic E-state index is -0.591. The molecule has 0 heterocycles. The molecule has 132 valence electrons. The van der Waals surface area contributed by atoms with Crippen molar-refractivity contribution in [3.8, 4) is 5.75 Å². The number of anilines is 1. The van der Waals surface area contributed by atoms with E-state index in [1.54, 1.807) is 7.11 Å². The minimum absolute atomic E-state index is 0.392. The van der Waals surface area contributed by atoms with Gasteiger partial charge < -0.3 is 15.0 Å². The third-order valence-corrected chi connectivity index (χ3v) is 3.90. The standard InChI is InChI=1S/C20H24N2O3/c1-4-22(17-9-5-7-15(2)13-17)20(24)19(23)21-12-11-16-8-6-10-18(14-16)25-3/h5-10,13-14H,4,11-12H2,1-3H3,(H,21,23). The number of hydrogen-bond acceptors (Lipinski definition) is 3. The summed E-state index contributed by atoms with van der Waals surface area (Å²) in [6, 6.07) is 15.2. The van der Waals surface area contributed by atoms with Crippen molar-refractivity contribution in [2.24, 2.45) is 0 Å². The first-order valence-corrected chi connectivity index (χ1v) is 8.34. The Morgan fingerprint density at radius 1 is 1.12 bits per heavy atom. The monoisotopic (exact) mass is 340 g/mol. The van der Waals surface area contributed by atoms with Crippen molar-refractivity contribution in [1.82, 2.24) is 5.32 Å². The van der Waals surface area contributed by atoms with Gasteiger partial charge in [0.05, 0.1) is 7.11 Å². The number of amides is 2. The molecular formula is C20H24N2O3. The number of rotatable bonds is 6. The number of nitrogens with zero attached hydrogens (tertiary/aromatic N) is 1. The molecule has 5 nitrogen and oxygen atoms in total. The Hall–Kier alpha value is -2.82. The first-order valence-electron chi connectivity index (χ1n) is 8.34. The number of aryl methyl sites for hydroxylation is 1. The van der Waals surface area contributed by atoms with Gasteiger partial charge in [-0.25, -0.2) is 0 Å². The van der Waals surface area contributed by atoms with Crippen LogP contribution in [-0.2, 0) is 16.0 Å². The van der Waals surface area contributed by atoms with E-state index in [4.69, 9.17) is 4.74 Å². The first kappa shape index (κ1) is 18.5. The van der Waals surface area contributed by atoms with Crippen molar-refractivity contribution in [2.75, 3.05) is 25.1 Å². The fourth-order valence-corrected chi connectivity index (χ4v) is 2.59. The smallest absolute Gasteiger partial charge is 0.316 e. The Morgan fingerprint density at radius 2 is 1.88 bits per heavy atom. The predicted molar refractivity (Wildman–Crippen MR) is 98.9 cm³/mol. The third-order valence-electron chi connectivity index (χ3n) is 3.90. The summed E-state index contributed by atoms with van der Waals surface area (Å²) in [5.41, 5.74) is 2.82. The number of hydrogen-bond donors (Lipinski definition) is 1. The van der Waals surface area contributed by atoms with Crippen LogP contribution in [0.5, 0.6) is 5.75 Å². The lowest BCUT2D eigenvalue weighted by atomic mass is 10.1. The molecule has 25 heavy (non-hydrogen) atoms. The molecule has 0 aliphatic rings. The normalized spacial score (nSPS) is 10.2. The molecule has 0 unspecified atom stereocenters. The average molecular weight is 340 g/mol. The van der Waals surface area contributed by atoms with Crippen LogP contribution in [0.25, 0.3) is 0 Å². The van der Waals surface area contributed by atoms with Gasteiger partial charge in [0.15, 0.2) is 0 Å². The van der Waals surface area contributed by atoms with Gasteiger partial charge in [0.1, 0.15) is 5.75 Å². The van der Waals surface area contributed by atoms with Crippen molar-refractivity contribution < 1.29 is 14.3 Å². The molecule has 2 rings (SSSR count). The van der Waals surface area contributed by atoms with Gasteiger partial charge in [0.25, 0.3) is 0 Å². The molecule has 0 aromatic heterocycles. The second-order valence-electron chi connectivity index (χ2n) is 5.75. The van der Waals surface area contributed by atoms with Gasteiger partial charge in [-0.3, -0.25) is 9.59 Å². The van der Waals surface area contributed by atoms with Gasteiger partial charge in [0.2, 0.25) is 0 Å². The lowest BCUT2D eigenvalue weighted by molar-refractivity contribution is -0.137. The summed E-state index contributed by atoms with van der Waals surface area (Å²) in [6.07, 6.45) is 0.632. The summed E-state index contributed by atoms with van der Waals surface area (Å²) < 4.78 is 5.18. The maximum atomic E-state index is 12.4. The van der Waals surface area contributed by atoms with Crippen molar-refractivity contribution in [1.29, 1.82) is 0 Å². The van der Waals surface area contributed by atoms with Crippen molar-refractivity contribution in [3.05, 3.63) is 59.7 Å². The van der Waals surface area contributed by atoms with E-state index in [1.165, 1.54) is 4.90 Å². The lowest BCUT2D eigenvalue weighted by Gasteiger charge is -2.20. The van der Waals surface area contributed by atoms with Gasteiger partial charge in [0, 0.05) is 18.8 Å². The number of methoxy groups -OCH3 is 1. The Balaban J connectivity index is 1.93. The number of benzene rings is 2. The van der Waals surface area contributed by atoms with Crippen LogP contribution in [0.4, 0.5) is 5.69 Å². The fraction of sp³-hybridized carbons (Fsp3) is 0.300. The molecule has 0 saturated carbocycles. The molecule has 2 aromatic carbocycles. The van der Waals surface area contributed by atoms with Gasteiger partial charge in [-0.05, 0) is 55.7 Å². The number of carbonyl (C=O) groups excluding carboxylic acids is 2. The van der Waals surface area contributed by atoms with Crippen LogP contribution in [0.1, 0.15) is 18.1 Å². The number of likely N-dealkylation sites (N-methyl/N-ethyl adjacent to an activating group) is 1. The molecule has 5 heteroatoms. The van der Waals surface area contributed by atoms with Crippen LogP contribution in [-0.4, -0.2) is 32.0 Å². The second kappa shape index (κ2) is 8.87. The van der Waals surface area contributed by atoms with Crippen molar-refractivity contribution >= 4 is 17.5 Å². The topological polar surface area (TPSA) is 58.6 Å². The Morgan fingerprint density at radius 3 is 2.56 bits per heavy atom. The summed E-state index contributed by atoms with van der Waals surface area (Å²) in [5.74, 6) is -0.360. The average Bonchev–Trinajstić information content (AvgIpc) is 2.62. The number of ether oxygens (including phenoxy) is 1. The SMILES string of the molecule is CCN(C(=O)C(=O)NCCc1cccc(OC)c1)c1cccc(C)c1. The molecule has 1 N–H and O–H groups in total. The lowest BCUT2D eigenvalue weighted by Crippen LogP contribution is -2.43. The zero-order valence-electron chi connectivity index (χ0n) is 14.9. The molecule has 0 fully saturated rings. The Labute approximate surface area is 148 Å². The summed E-state index contributed by atoms with van der Waals surface area (Å²) in [6.45, 7) is 4.63. The van der Waals surface area contributed by atoms with E-state index >= 15 is 0 Å². The van der Waals surface area contributed by atoms with E-state index in [0.717, 1.165) is 22.6 Å². The molecular weight excluding hydrogens is 316 g/mol. The molecule has 2 aromatic rings. The summed E-state index contributed by atoms with van der Waals surface area (Å²) >= 11 is 0. The van der Waals surface area contributed by atoms with Gasteiger partial charge >= 0.3 is 11.8 Å². The zero-order chi connectivity index (χ0) is 18.2. The van der Waals surface area contributed by atoms with Crippen LogP contribution in [0.15, 0.2) is 48.5 Å². The largest absolute Gasteiger partial charge is 0.497 e. The van der Waals surface area contributed by atoms with E-state index in [-0.39, 0.29) is 0 Å². The Bertz CT molecular complexity index is 743. The molecule has 0 saturated heterocycles. The molecule has 0 radical (unpaired) electrons. The van der Waals surface area contributed by atoms with Crippen molar-refractivity contribution in [3.63, 3.8) is 0 Å². The first-order chi connectivity index (χ1) is 12.0. The molecule has 0 aliphatic carbocycles. The molecule has 0 bridgehead atoms. The van der Waals surface area contributed by atoms with Crippen LogP contribution < -0.4 is 15.0 Å². The molecule has 0 atom stereocenters. The maximum absolute atomic E-state index is 12.4. The molecule has 2 amide bonds. The third kappa shape index (κ3) is 5.08.